The van der Waals surface area contributed by atoms with Gasteiger partial charge in [0.15, 0.2) is 15.8 Å². The van der Waals surface area contributed by atoms with E-state index in [4.69, 9.17) is 0 Å². The zero-order valence-corrected chi connectivity index (χ0v) is 16.3. The van der Waals surface area contributed by atoms with Gasteiger partial charge in [-0.1, -0.05) is 18.2 Å². The van der Waals surface area contributed by atoms with Crippen LogP contribution in [0.4, 0.5) is 5.69 Å². The number of sulfone groups is 1. The Morgan fingerprint density at radius 2 is 2.08 bits per heavy atom. The number of benzene rings is 1. The maximum Gasteiger partial charge on any atom is 0.191 e. The van der Waals surface area contributed by atoms with E-state index in [2.05, 4.69) is 52.6 Å². The van der Waals surface area contributed by atoms with Crippen molar-refractivity contribution in [1.29, 1.82) is 0 Å². The summed E-state index contributed by atoms with van der Waals surface area (Å²) in [6, 6.07) is 8.32. The van der Waals surface area contributed by atoms with Crippen molar-refractivity contribution in [3.05, 3.63) is 29.8 Å². The number of hydrogen-bond acceptors (Lipinski definition) is 4. The predicted molar refractivity (Wildman–Crippen MR) is 105 cm³/mol. The SMILES string of the molecule is CCNC(=NCCN(CC)c1ccccc1C)NC1CCS(=O)(=O)C1. The molecule has 1 heterocycles. The van der Waals surface area contributed by atoms with E-state index in [0.29, 0.717) is 18.9 Å². The maximum absolute atomic E-state index is 11.6. The smallest absolute Gasteiger partial charge is 0.191 e. The zero-order chi connectivity index (χ0) is 18.3. The summed E-state index contributed by atoms with van der Waals surface area (Å²) in [6.07, 6.45) is 0.650. The summed E-state index contributed by atoms with van der Waals surface area (Å²) < 4.78 is 23.2. The van der Waals surface area contributed by atoms with Crippen LogP contribution in [0.25, 0.3) is 0 Å². The second-order valence-electron chi connectivity index (χ2n) is 6.37. The lowest BCUT2D eigenvalue weighted by Crippen LogP contribution is -2.44. The Kier molecular flexibility index (Phi) is 7.11. The molecule has 140 valence electrons. The number of hydrogen-bond donors (Lipinski definition) is 2. The van der Waals surface area contributed by atoms with E-state index in [0.717, 1.165) is 19.6 Å². The number of rotatable bonds is 7. The van der Waals surface area contributed by atoms with Crippen LogP contribution in [0.2, 0.25) is 0 Å². The molecule has 0 saturated carbocycles. The average molecular weight is 367 g/mol. The lowest BCUT2D eigenvalue weighted by atomic mass is 10.2. The van der Waals surface area contributed by atoms with Crippen LogP contribution in [0.15, 0.2) is 29.3 Å². The van der Waals surface area contributed by atoms with Gasteiger partial charge in [-0.25, -0.2) is 8.42 Å². The highest BCUT2D eigenvalue weighted by Gasteiger charge is 2.28. The zero-order valence-electron chi connectivity index (χ0n) is 15.5. The number of nitrogens with one attached hydrogen (secondary N) is 2. The normalized spacial score (nSPS) is 19.6. The molecular weight excluding hydrogens is 336 g/mol. The first kappa shape index (κ1) is 19.6. The third-order valence-electron chi connectivity index (χ3n) is 4.40. The fraction of sp³-hybridized carbons (Fsp3) is 0.611. The summed E-state index contributed by atoms with van der Waals surface area (Å²) in [5, 5.41) is 6.46. The van der Waals surface area contributed by atoms with Crippen LogP contribution in [0.5, 0.6) is 0 Å². The van der Waals surface area contributed by atoms with Gasteiger partial charge < -0.3 is 15.5 Å². The Bertz CT molecular complexity index is 688. The van der Waals surface area contributed by atoms with E-state index in [1.807, 2.05) is 13.0 Å². The number of guanidine groups is 1. The van der Waals surface area contributed by atoms with E-state index < -0.39 is 9.84 Å². The topological polar surface area (TPSA) is 73.8 Å². The number of nitrogens with zero attached hydrogens (tertiary/aromatic N) is 2. The molecule has 0 amide bonds. The highest BCUT2D eigenvalue weighted by molar-refractivity contribution is 7.91. The van der Waals surface area contributed by atoms with E-state index in [1.165, 1.54) is 11.3 Å². The molecule has 1 saturated heterocycles. The third kappa shape index (κ3) is 5.92. The summed E-state index contributed by atoms with van der Waals surface area (Å²) >= 11 is 0. The Hall–Kier alpha value is -1.76. The van der Waals surface area contributed by atoms with Gasteiger partial charge in [0.2, 0.25) is 0 Å². The molecule has 0 bridgehead atoms. The van der Waals surface area contributed by atoms with Gasteiger partial charge >= 0.3 is 0 Å². The van der Waals surface area contributed by atoms with Crippen LogP contribution in [0.3, 0.4) is 0 Å². The van der Waals surface area contributed by atoms with Crippen LogP contribution in [-0.2, 0) is 9.84 Å². The highest BCUT2D eigenvalue weighted by atomic mass is 32.2. The van der Waals surface area contributed by atoms with Gasteiger partial charge in [0.25, 0.3) is 0 Å². The number of aryl methyl sites for hydroxylation is 1. The van der Waals surface area contributed by atoms with Crippen LogP contribution < -0.4 is 15.5 Å². The summed E-state index contributed by atoms with van der Waals surface area (Å²) in [5.74, 6) is 1.16. The number of anilines is 1. The lowest BCUT2D eigenvalue weighted by molar-refractivity contribution is 0.599. The van der Waals surface area contributed by atoms with Crippen molar-refractivity contribution in [2.75, 3.05) is 42.6 Å². The molecule has 1 unspecified atom stereocenters. The van der Waals surface area contributed by atoms with Crippen molar-refractivity contribution in [3.63, 3.8) is 0 Å². The molecule has 1 aliphatic heterocycles. The molecular formula is C18H30N4O2S. The van der Waals surface area contributed by atoms with E-state index in [9.17, 15) is 8.42 Å². The highest BCUT2D eigenvalue weighted by Crippen LogP contribution is 2.18. The first-order chi connectivity index (χ1) is 11.9. The van der Waals surface area contributed by atoms with E-state index >= 15 is 0 Å². The summed E-state index contributed by atoms with van der Waals surface area (Å²) in [5.41, 5.74) is 2.49. The first-order valence-corrected chi connectivity index (χ1v) is 10.8. The fourth-order valence-electron chi connectivity index (χ4n) is 3.07. The molecule has 1 aromatic rings. The summed E-state index contributed by atoms with van der Waals surface area (Å²) in [6.45, 7) is 9.41. The van der Waals surface area contributed by atoms with Crippen molar-refractivity contribution in [3.8, 4) is 0 Å². The molecule has 2 rings (SSSR count). The summed E-state index contributed by atoms with van der Waals surface area (Å²) in [4.78, 5) is 6.93. The second kappa shape index (κ2) is 9.08. The van der Waals surface area contributed by atoms with Crippen molar-refractivity contribution in [1.82, 2.24) is 10.6 Å². The van der Waals surface area contributed by atoms with Gasteiger partial charge in [0.05, 0.1) is 18.1 Å². The lowest BCUT2D eigenvalue weighted by Gasteiger charge is -2.24. The minimum atomic E-state index is -2.89. The van der Waals surface area contributed by atoms with Crippen molar-refractivity contribution in [2.24, 2.45) is 4.99 Å². The van der Waals surface area contributed by atoms with Gasteiger partial charge in [0, 0.05) is 31.4 Å². The molecule has 1 atom stereocenters. The average Bonchev–Trinajstić information content (AvgIpc) is 2.91. The van der Waals surface area contributed by atoms with Crippen LogP contribution >= 0.6 is 0 Å². The predicted octanol–water partition coefficient (Wildman–Crippen LogP) is 1.56. The Balaban J connectivity index is 1.95. The fourth-order valence-corrected chi connectivity index (χ4v) is 4.75. The van der Waals surface area contributed by atoms with Crippen molar-refractivity contribution < 1.29 is 8.42 Å². The molecule has 1 fully saturated rings. The molecule has 25 heavy (non-hydrogen) atoms. The second-order valence-corrected chi connectivity index (χ2v) is 8.60. The monoisotopic (exact) mass is 366 g/mol. The van der Waals surface area contributed by atoms with Gasteiger partial charge in [-0.15, -0.1) is 0 Å². The molecule has 0 aliphatic carbocycles. The molecule has 0 spiro atoms. The molecule has 0 radical (unpaired) electrons. The molecule has 6 nitrogen and oxygen atoms in total. The number of likely N-dealkylation sites (N-methyl/N-ethyl adjacent to an activating group) is 1. The van der Waals surface area contributed by atoms with E-state index in [1.54, 1.807) is 0 Å². The van der Waals surface area contributed by atoms with Crippen molar-refractivity contribution in [2.45, 2.75) is 33.2 Å². The first-order valence-electron chi connectivity index (χ1n) is 9.01. The molecule has 2 N–H and O–H groups in total. The van der Waals surface area contributed by atoms with Crippen LogP contribution in [0, 0.1) is 6.92 Å². The molecule has 0 aromatic heterocycles. The molecule has 1 aromatic carbocycles. The minimum Gasteiger partial charge on any atom is -0.370 e. The van der Waals surface area contributed by atoms with Gasteiger partial charge in [0.1, 0.15) is 0 Å². The number of para-hydroxylation sites is 1. The Morgan fingerprint density at radius 1 is 1.32 bits per heavy atom. The van der Waals surface area contributed by atoms with Gasteiger partial charge in [-0.3, -0.25) is 4.99 Å². The number of aliphatic imine (C=N–C) groups is 1. The quantitative estimate of drug-likeness (QED) is 0.566. The third-order valence-corrected chi connectivity index (χ3v) is 6.16. The van der Waals surface area contributed by atoms with Gasteiger partial charge in [-0.05, 0) is 38.8 Å². The molecule has 7 heteroatoms. The van der Waals surface area contributed by atoms with Gasteiger partial charge in [-0.2, -0.15) is 0 Å². The Labute approximate surface area is 151 Å². The van der Waals surface area contributed by atoms with Crippen molar-refractivity contribution >= 4 is 21.5 Å². The van der Waals surface area contributed by atoms with Crippen LogP contribution in [0.1, 0.15) is 25.8 Å². The minimum absolute atomic E-state index is 0.0403. The molecule has 1 aliphatic rings. The Morgan fingerprint density at radius 3 is 2.68 bits per heavy atom. The maximum atomic E-state index is 11.6. The standard InChI is InChI=1S/C18H30N4O2S/c1-4-19-18(21-16-10-13-25(23,24)14-16)20-11-12-22(5-2)17-9-7-6-8-15(17)3/h6-9,16H,4-5,10-14H2,1-3H3,(H2,19,20,21). The van der Waals surface area contributed by atoms with Crippen LogP contribution in [-0.4, -0.2) is 58.1 Å². The summed E-state index contributed by atoms with van der Waals surface area (Å²) in [7, 11) is -2.89. The largest absolute Gasteiger partial charge is 0.370 e. The van der Waals surface area contributed by atoms with E-state index in [-0.39, 0.29) is 17.5 Å².